The van der Waals surface area contributed by atoms with Crippen molar-refractivity contribution in [3.05, 3.63) is 40.4 Å². The van der Waals surface area contributed by atoms with Crippen molar-refractivity contribution in [2.75, 3.05) is 0 Å². The molecule has 0 heterocycles. The molecule has 7 heteroatoms. The lowest BCUT2D eigenvalue weighted by Crippen LogP contribution is -2.11. The predicted octanol–water partition coefficient (Wildman–Crippen LogP) is 0.584. The molecule has 0 bridgehead atoms. The van der Waals surface area contributed by atoms with E-state index in [0.29, 0.717) is 0 Å². The van der Waals surface area contributed by atoms with Gasteiger partial charge in [-0.1, -0.05) is 18.2 Å². The molecule has 0 atom stereocenters. The lowest BCUT2D eigenvalue weighted by Gasteiger charge is -1.98. The summed E-state index contributed by atoms with van der Waals surface area (Å²) in [6.45, 7) is 0. The minimum Gasteiger partial charge on any atom is -0.196 e. The molecule has 1 rings (SSSR count). The van der Waals surface area contributed by atoms with Gasteiger partial charge >= 0.3 is 15.2 Å². The zero-order valence-corrected chi connectivity index (χ0v) is 7.10. The summed E-state index contributed by atoms with van der Waals surface area (Å²) in [6, 6.07) is 6.88. The summed E-state index contributed by atoms with van der Waals surface area (Å²) in [7, 11) is -4.26. The molecule has 0 saturated carbocycles. The van der Waals surface area contributed by atoms with Crippen molar-refractivity contribution < 1.29 is 17.8 Å². The first-order chi connectivity index (χ1) is 6.02. The molecule has 0 N–H and O–H groups in total. The molecule has 0 radical (unpaired) electrons. The molecule has 0 unspecified atom stereocenters. The van der Waals surface area contributed by atoms with Crippen LogP contribution in [0.3, 0.4) is 0 Å². The lowest BCUT2D eigenvalue weighted by atomic mass is 10.4. The molecule has 0 amide bonds. The van der Waals surface area contributed by atoms with Crippen LogP contribution in [0.2, 0.25) is 0 Å². The van der Waals surface area contributed by atoms with Crippen molar-refractivity contribution in [1.82, 2.24) is 0 Å². The van der Waals surface area contributed by atoms with Crippen LogP contribution in [0, 0.1) is 10.1 Å². The second kappa shape index (κ2) is 3.40. The maximum atomic E-state index is 11.0. The van der Waals surface area contributed by atoms with Gasteiger partial charge in [-0.2, -0.15) is 12.7 Å². The van der Waals surface area contributed by atoms with Crippen LogP contribution in [0.5, 0.6) is 0 Å². The Morgan fingerprint density at radius 3 is 2.23 bits per heavy atom. The fourth-order valence-corrected chi connectivity index (χ4v) is 1.45. The normalized spacial score (nSPS) is 10.8. The summed E-state index contributed by atoms with van der Waals surface area (Å²) in [5, 5.41) is 8.43. The third kappa shape index (κ3) is 2.41. The van der Waals surface area contributed by atoms with Crippen molar-refractivity contribution in [2.24, 2.45) is 0 Å². The van der Waals surface area contributed by atoms with Crippen molar-refractivity contribution in [3.8, 4) is 0 Å². The Morgan fingerprint density at radius 1 is 1.23 bits per heavy atom. The predicted molar refractivity (Wildman–Crippen MR) is 41.7 cm³/mol. The summed E-state index contributed by atoms with van der Waals surface area (Å²) in [5.74, 6) is 0. The molecule has 1 aromatic rings. The number of hydrogen-bond acceptors (Lipinski definition) is 5. The van der Waals surface area contributed by atoms with Gasteiger partial charge in [0.15, 0.2) is 0 Å². The van der Waals surface area contributed by atoms with E-state index >= 15 is 0 Å². The van der Waals surface area contributed by atoms with E-state index in [2.05, 4.69) is 4.28 Å². The topological polar surface area (TPSA) is 86.5 Å². The summed E-state index contributed by atoms with van der Waals surface area (Å²) in [6.07, 6.45) is 0. The number of hydrogen-bond donors (Lipinski definition) is 0. The summed E-state index contributed by atoms with van der Waals surface area (Å²) < 4.78 is 25.5. The minimum absolute atomic E-state index is 0.244. The first-order valence-corrected chi connectivity index (χ1v) is 4.57. The van der Waals surface area contributed by atoms with Crippen LogP contribution in [0.4, 0.5) is 0 Å². The molecule has 0 fully saturated rings. The van der Waals surface area contributed by atoms with Gasteiger partial charge in [-0.25, -0.2) is 0 Å². The number of nitrogens with zero attached hydrogens (tertiary/aromatic N) is 1. The third-order valence-corrected chi connectivity index (χ3v) is 2.36. The van der Waals surface area contributed by atoms with Crippen LogP contribution in [0.15, 0.2) is 35.2 Å². The second-order valence-electron chi connectivity index (χ2n) is 2.07. The van der Waals surface area contributed by atoms with Crippen molar-refractivity contribution >= 4 is 10.1 Å². The highest BCUT2D eigenvalue weighted by Gasteiger charge is 2.17. The summed E-state index contributed by atoms with van der Waals surface area (Å²) >= 11 is 0. The van der Waals surface area contributed by atoms with E-state index in [4.69, 9.17) is 0 Å². The van der Waals surface area contributed by atoms with E-state index in [1.807, 2.05) is 0 Å². The van der Waals surface area contributed by atoms with E-state index in [9.17, 15) is 18.5 Å². The van der Waals surface area contributed by atoms with Crippen LogP contribution >= 0.6 is 0 Å². The lowest BCUT2D eigenvalue weighted by molar-refractivity contribution is -0.711. The summed E-state index contributed by atoms with van der Waals surface area (Å²) in [4.78, 5) is 9.55. The first kappa shape index (κ1) is 9.46. The van der Waals surface area contributed by atoms with Crippen LogP contribution in [-0.2, 0) is 14.4 Å². The molecular weight excluding hydrogens is 198 g/mol. The molecule has 0 aliphatic rings. The van der Waals surface area contributed by atoms with Crippen LogP contribution in [-0.4, -0.2) is 13.5 Å². The van der Waals surface area contributed by atoms with Crippen LogP contribution in [0.1, 0.15) is 0 Å². The molecule has 6 nitrogen and oxygen atoms in total. The maximum Gasteiger partial charge on any atom is 0.334 e. The Morgan fingerprint density at radius 2 is 1.77 bits per heavy atom. The van der Waals surface area contributed by atoms with Gasteiger partial charge in [-0.15, -0.1) is 10.1 Å². The maximum absolute atomic E-state index is 11.0. The average Bonchev–Trinajstić information content (AvgIpc) is 2.04. The second-order valence-corrected chi connectivity index (χ2v) is 3.59. The molecule has 0 saturated heterocycles. The van der Waals surface area contributed by atoms with Crippen molar-refractivity contribution in [1.29, 1.82) is 0 Å². The smallest absolute Gasteiger partial charge is 0.196 e. The Balaban J connectivity index is 3.02. The molecule has 0 spiro atoms. The van der Waals surface area contributed by atoms with E-state index in [1.165, 1.54) is 24.3 Å². The quantitative estimate of drug-likeness (QED) is 0.529. The van der Waals surface area contributed by atoms with Gasteiger partial charge in [0.2, 0.25) is 0 Å². The van der Waals surface area contributed by atoms with Crippen LogP contribution in [0.25, 0.3) is 0 Å². The van der Waals surface area contributed by atoms with Gasteiger partial charge in [0, 0.05) is 0 Å². The molecule has 70 valence electrons. The highest BCUT2D eigenvalue weighted by Crippen LogP contribution is 2.10. The highest BCUT2D eigenvalue weighted by atomic mass is 32.2. The number of benzene rings is 1. The Hall–Kier alpha value is -1.63. The van der Waals surface area contributed by atoms with Crippen molar-refractivity contribution in [3.63, 3.8) is 0 Å². The average molecular weight is 203 g/mol. The van der Waals surface area contributed by atoms with E-state index in [0.717, 1.165) is 0 Å². The van der Waals surface area contributed by atoms with Gasteiger partial charge in [-0.3, -0.25) is 0 Å². The van der Waals surface area contributed by atoms with E-state index in [1.54, 1.807) is 6.07 Å². The van der Waals surface area contributed by atoms with Gasteiger partial charge in [0.05, 0.1) is 4.90 Å². The highest BCUT2D eigenvalue weighted by molar-refractivity contribution is 7.86. The SMILES string of the molecule is O=[N+]([O-])OS(=O)(=O)c1ccccc1. The standard InChI is InChI=1S/C6H5NO5S/c8-7(9)12-13(10,11)6-4-2-1-3-5-6/h1-5H. The van der Waals surface area contributed by atoms with Gasteiger partial charge in [0.25, 0.3) is 0 Å². The van der Waals surface area contributed by atoms with Gasteiger partial charge < -0.3 is 0 Å². The molecule has 0 aliphatic heterocycles. The Bertz CT molecular complexity index is 398. The Labute approximate surface area is 74.0 Å². The van der Waals surface area contributed by atoms with Gasteiger partial charge in [0.1, 0.15) is 0 Å². The fourth-order valence-electron chi connectivity index (χ4n) is 0.710. The molecule has 0 aromatic heterocycles. The molecular formula is C6H5NO5S. The Kier molecular flexibility index (Phi) is 2.47. The molecule has 1 aromatic carbocycles. The first-order valence-electron chi connectivity index (χ1n) is 3.16. The van der Waals surface area contributed by atoms with E-state index < -0.39 is 15.2 Å². The largest absolute Gasteiger partial charge is 0.334 e. The fraction of sp³-hybridized carbons (Fsp3) is 0. The van der Waals surface area contributed by atoms with Gasteiger partial charge in [-0.05, 0) is 12.1 Å². The number of rotatable bonds is 3. The zero-order valence-electron chi connectivity index (χ0n) is 6.28. The van der Waals surface area contributed by atoms with Crippen molar-refractivity contribution in [2.45, 2.75) is 4.90 Å². The van der Waals surface area contributed by atoms with E-state index in [-0.39, 0.29) is 4.90 Å². The molecule has 13 heavy (non-hydrogen) atoms. The minimum atomic E-state index is -4.26. The zero-order chi connectivity index (χ0) is 9.90. The van der Waals surface area contributed by atoms with Crippen LogP contribution < -0.4 is 0 Å². The third-order valence-electron chi connectivity index (χ3n) is 1.19. The monoisotopic (exact) mass is 203 g/mol. The summed E-state index contributed by atoms with van der Waals surface area (Å²) in [5.41, 5.74) is 0. The molecule has 0 aliphatic carbocycles.